The molecule has 2 aromatic rings. The van der Waals surface area contributed by atoms with Crippen LogP contribution in [-0.4, -0.2) is 17.9 Å². The zero-order chi connectivity index (χ0) is 15.1. The molecule has 0 N–H and O–H groups in total. The van der Waals surface area contributed by atoms with Crippen molar-refractivity contribution in [3.8, 4) is 0 Å². The van der Waals surface area contributed by atoms with Gasteiger partial charge in [-0.1, -0.05) is 32.4 Å². The van der Waals surface area contributed by atoms with Gasteiger partial charge in [0.25, 0.3) is 0 Å². The molecule has 0 aromatic carbocycles. The van der Waals surface area contributed by atoms with Crippen molar-refractivity contribution in [2.45, 2.75) is 45.5 Å². The summed E-state index contributed by atoms with van der Waals surface area (Å²) in [7, 11) is -1.76. The van der Waals surface area contributed by atoms with Gasteiger partial charge in [-0.15, -0.1) is 0 Å². The van der Waals surface area contributed by atoms with E-state index in [1.54, 1.807) is 4.52 Å². The fourth-order valence-corrected chi connectivity index (χ4v) is 3.14. The SMILES string of the molecule is CC(C)(C)[Si](C)(C)OCc1cc2c(Cl)ccc(Br)n2n1. The first-order valence-corrected chi connectivity index (χ1v) is 10.7. The number of aromatic nitrogens is 2. The lowest BCUT2D eigenvalue weighted by Crippen LogP contribution is -2.40. The highest BCUT2D eigenvalue weighted by atomic mass is 79.9. The Morgan fingerprint density at radius 1 is 1.35 bits per heavy atom. The Labute approximate surface area is 134 Å². The van der Waals surface area contributed by atoms with E-state index in [9.17, 15) is 0 Å². The molecule has 0 aliphatic carbocycles. The van der Waals surface area contributed by atoms with Crippen LogP contribution in [0.2, 0.25) is 23.2 Å². The van der Waals surface area contributed by atoms with Gasteiger partial charge in [0, 0.05) is 0 Å². The van der Waals surface area contributed by atoms with Gasteiger partial charge in [-0.05, 0) is 52.3 Å². The molecule has 2 aromatic heterocycles. The topological polar surface area (TPSA) is 26.5 Å². The van der Waals surface area contributed by atoms with E-state index >= 15 is 0 Å². The highest BCUT2D eigenvalue weighted by Gasteiger charge is 2.37. The maximum atomic E-state index is 6.19. The average molecular weight is 376 g/mol. The molecule has 0 aliphatic heterocycles. The molecule has 0 saturated heterocycles. The normalized spacial score (nSPS) is 13.2. The Balaban J connectivity index is 2.24. The summed E-state index contributed by atoms with van der Waals surface area (Å²) >= 11 is 9.67. The minimum atomic E-state index is -1.76. The fourth-order valence-electron chi connectivity index (χ4n) is 1.60. The minimum Gasteiger partial charge on any atom is -0.411 e. The van der Waals surface area contributed by atoms with E-state index in [0.29, 0.717) is 11.6 Å². The number of pyridine rings is 1. The third-order valence-electron chi connectivity index (χ3n) is 3.96. The van der Waals surface area contributed by atoms with Crippen LogP contribution in [0.15, 0.2) is 22.8 Å². The van der Waals surface area contributed by atoms with E-state index in [2.05, 4.69) is 54.9 Å². The zero-order valence-electron chi connectivity index (χ0n) is 12.5. The van der Waals surface area contributed by atoms with Gasteiger partial charge in [0.05, 0.1) is 22.8 Å². The van der Waals surface area contributed by atoms with Crippen LogP contribution in [-0.2, 0) is 11.0 Å². The van der Waals surface area contributed by atoms with Crippen molar-refractivity contribution in [2.24, 2.45) is 0 Å². The number of hydrogen-bond donors (Lipinski definition) is 0. The predicted octanol–water partition coefficient (Wildman–Crippen LogP) is 5.27. The summed E-state index contributed by atoms with van der Waals surface area (Å²) in [6.45, 7) is 11.7. The van der Waals surface area contributed by atoms with Gasteiger partial charge >= 0.3 is 0 Å². The van der Waals surface area contributed by atoms with Gasteiger partial charge in [0.15, 0.2) is 8.32 Å². The molecule has 0 spiro atoms. The molecule has 0 fully saturated rings. The predicted molar refractivity (Wildman–Crippen MR) is 89.9 cm³/mol. The summed E-state index contributed by atoms with van der Waals surface area (Å²) in [5.74, 6) is 0. The van der Waals surface area contributed by atoms with Gasteiger partial charge in [0.1, 0.15) is 4.60 Å². The van der Waals surface area contributed by atoms with Crippen molar-refractivity contribution in [3.63, 3.8) is 0 Å². The maximum absolute atomic E-state index is 6.19. The fraction of sp³-hybridized carbons (Fsp3) is 0.500. The molecule has 3 nitrogen and oxygen atoms in total. The summed E-state index contributed by atoms with van der Waals surface area (Å²) in [6, 6.07) is 5.74. The van der Waals surface area contributed by atoms with E-state index in [4.69, 9.17) is 16.0 Å². The van der Waals surface area contributed by atoms with Gasteiger partial charge in [-0.3, -0.25) is 0 Å². The van der Waals surface area contributed by atoms with Crippen LogP contribution in [0.3, 0.4) is 0 Å². The molecule has 0 atom stereocenters. The molecule has 110 valence electrons. The van der Waals surface area contributed by atoms with Crippen molar-refractivity contribution in [2.75, 3.05) is 0 Å². The number of nitrogens with zero attached hydrogens (tertiary/aromatic N) is 2. The summed E-state index contributed by atoms with van der Waals surface area (Å²) in [5, 5.41) is 5.43. The van der Waals surface area contributed by atoms with Crippen LogP contribution < -0.4 is 0 Å². The van der Waals surface area contributed by atoms with Crippen LogP contribution in [0.25, 0.3) is 5.52 Å². The number of rotatable bonds is 3. The first-order chi connectivity index (χ1) is 9.12. The molecule has 0 aliphatic rings. The Morgan fingerprint density at radius 3 is 2.55 bits per heavy atom. The molecule has 20 heavy (non-hydrogen) atoms. The molecular formula is C14H20BrClN2OSi. The van der Waals surface area contributed by atoms with Crippen LogP contribution >= 0.6 is 27.5 Å². The summed E-state index contributed by atoms with van der Waals surface area (Å²) in [4.78, 5) is 0. The molecule has 6 heteroatoms. The van der Waals surface area contributed by atoms with Gasteiger partial charge in [-0.2, -0.15) is 5.10 Å². The molecule has 0 amide bonds. The van der Waals surface area contributed by atoms with E-state index in [-0.39, 0.29) is 5.04 Å². The smallest absolute Gasteiger partial charge is 0.192 e. The van der Waals surface area contributed by atoms with E-state index in [1.807, 2.05) is 18.2 Å². The van der Waals surface area contributed by atoms with Gasteiger partial charge in [0.2, 0.25) is 0 Å². The van der Waals surface area contributed by atoms with Gasteiger partial charge in [-0.25, -0.2) is 4.52 Å². The molecule has 0 bridgehead atoms. The highest BCUT2D eigenvalue weighted by molar-refractivity contribution is 9.10. The largest absolute Gasteiger partial charge is 0.411 e. The molecule has 2 rings (SSSR count). The minimum absolute atomic E-state index is 0.199. The lowest BCUT2D eigenvalue weighted by atomic mass is 10.2. The second-order valence-electron chi connectivity index (χ2n) is 6.49. The lowest BCUT2D eigenvalue weighted by Gasteiger charge is -2.35. The molecule has 0 radical (unpaired) electrons. The third-order valence-corrected chi connectivity index (χ3v) is 9.36. The Bertz CT molecular complexity index is 595. The van der Waals surface area contributed by atoms with Crippen LogP contribution in [0.4, 0.5) is 0 Å². The van der Waals surface area contributed by atoms with E-state index in [1.165, 1.54) is 0 Å². The van der Waals surface area contributed by atoms with Crippen molar-refractivity contribution in [1.29, 1.82) is 0 Å². The van der Waals surface area contributed by atoms with E-state index < -0.39 is 8.32 Å². The molecule has 2 heterocycles. The monoisotopic (exact) mass is 374 g/mol. The Morgan fingerprint density at radius 2 is 2.00 bits per heavy atom. The van der Waals surface area contributed by atoms with Crippen LogP contribution in [0.5, 0.6) is 0 Å². The van der Waals surface area contributed by atoms with Crippen molar-refractivity contribution in [1.82, 2.24) is 9.61 Å². The van der Waals surface area contributed by atoms with Gasteiger partial charge < -0.3 is 4.43 Å². The summed E-state index contributed by atoms with van der Waals surface area (Å²) in [5.41, 5.74) is 1.80. The second kappa shape index (κ2) is 5.44. The van der Waals surface area contributed by atoms with Crippen LogP contribution in [0.1, 0.15) is 26.5 Å². The first-order valence-electron chi connectivity index (χ1n) is 6.58. The first kappa shape index (κ1) is 16.0. The zero-order valence-corrected chi connectivity index (χ0v) is 15.8. The number of hydrogen-bond acceptors (Lipinski definition) is 2. The standard InChI is InChI=1S/C14H20BrClN2OSi/c1-14(2,3)20(4,5)19-9-10-8-12-11(16)6-7-13(15)18(12)17-10/h6-8H,9H2,1-5H3. The Hall–Kier alpha value is -0.363. The highest BCUT2D eigenvalue weighted by Crippen LogP contribution is 2.37. The lowest BCUT2D eigenvalue weighted by molar-refractivity contribution is 0.271. The second-order valence-corrected chi connectivity index (χ2v) is 12.5. The van der Waals surface area contributed by atoms with Crippen molar-refractivity contribution < 1.29 is 4.43 Å². The van der Waals surface area contributed by atoms with E-state index in [0.717, 1.165) is 15.8 Å². The number of halogens is 2. The average Bonchev–Trinajstić information content (AvgIpc) is 2.75. The van der Waals surface area contributed by atoms with Crippen molar-refractivity contribution >= 4 is 41.4 Å². The summed E-state index contributed by atoms with van der Waals surface area (Å²) < 4.78 is 8.88. The maximum Gasteiger partial charge on any atom is 0.192 e. The number of fused-ring (bicyclic) bond motifs is 1. The quantitative estimate of drug-likeness (QED) is 0.539. The summed E-state index contributed by atoms with van der Waals surface area (Å²) in [6.07, 6.45) is 0. The molecular weight excluding hydrogens is 356 g/mol. The van der Waals surface area contributed by atoms with Crippen molar-refractivity contribution in [3.05, 3.63) is 33.5 Å². The molecule has 0 saturated carbocycles. The van der Waals surface area contributed by atoms with Crippen LogP contribution in [0, 0.1) is 0 Å². The molecule has 0 unspecified atom stereocenters. The third kappa shape index (κ3) is 3.11. The Kier molecular flexibility index (Phi) is 4.36.